The van der Waals surface area contributed by atoms with Gasteiger partial charge in [0.2, 0.25) is 0 Å². The lowest BCUT2D eigenvalue weighted by Crippen LogP contribution is -2.38. The third kappa shape index (κ3) is 5.93. The van der Waals surface area contributed by atoms with Crippen molar-refractivity contribution in [3.63, 3.8) is 0 Å². The van der Waals surface area contributed by atoms with Crippen LogP contribution in [0.2, 0.25) is 10.0 Å². The number of hydrogen-bond acceptors (Lipinski definition) is 6. The van der Waals surface area contributed by atoms with E-state index in [0.29, 0.717) is 32.6 Å². The van der Waals surface area contributed by atoms with Crippen molar-refractivity contribution in [1.29, 1.82) is 0 Å². The highest BCUT2D eigenvalue weighted by molar-refractivity contribution is 8.04. The third-order valence-electron chi connectivity index (χ3n) is 5.46. The Morgan fingerprint density at radius 3 is 2.16 bits per heavy atom. The number of rotatable bonds is 8. The van der Waals surface area contributed by atoms with Crippen molar-refractivity contribution >= 4 is 64.1 Å². The summed E-state index contributed by atoms with van der Waals surface area (Å²) < 4.78 is 5.18. The number of amides is 3. The summed E-state index contributed by atoms with van der Waals surface area (Å²) in [6.45, 7) is 3.58. The van der Waals surface area contributed by atoms with Crippen LogP contribution in [0.25, 0.3) is 0 Å². The van der Waals surface area contributed by atoms with Crippen LogP contribution in [0.15, 0.2) is 82.2 Å². The molecule has 4 rings (SSSR count). The van der Waals surface area contributed by atoms with E-state index in [1.807, 2.05) is 0 Å². The summed E-state index contributed by atoms with van der Waals surface area (Å²) >= 11 is 13.2. The molecule has 0 aliphatic carbocycles. The van der Waals surface area contributed by atoms with Crippen LogP contribution >= 0.6 is 35.0 Å². The van der Waals surface area contributed by atoms with E-state index in [2.05, 4.69) is 10.6 Å². The summed E-state index contributed by atoms with van der Waals surface area (Å²) in [5, 5.41) is 6.58. The summed E-state index contributed by atoms with van der Waals surface area (Å²) in [5.74, 6) is -0.449. The van der Waals surface area contributed by atoms with Gasteiger partial charge in [-0.1, -0.05) is 35.0 Å². The molecule has 0 unspecified atom stereocenters. The summed E-state index contributed by atoms with van der Waals surface area (Å²) in [7, 11) is 1.57. The van der Waals surface area contributed by atoms with Crippen LogP contribution in [0.1, 0.15) is 24.2 Å². The Kier molecular flexibility index (Phi) is 8.12. The molecule has 0 fully saturated rings. The van der Waals surface area contributed by atoms with Gasteiger partial charge in [0.25, 0.3) is 17.7 Å². The van der Waals surface area contributed by atoms with E-state index >= 15 is 0 Å². The van der Waals surface area contributed by atoms with E-state index in [1.165, 1.54) is 22.7 Å². The Hall–Kier alpha value is -3.46. The molecule has 0 spiro atoms. The Morgan fingerprint density at radius 1 is 0.919 bits per heavy atom. The number of nitrogens with one attached hydrogen (secondary N) is 2. The van der Waals surface area contributed by atoms with Crippen molar-refractivity contribution in [2.45, 2.75) is 24.8 Å². The van der Waals surface area contributed by atoms with Crippen molar-refractivity contribution in [1.82, 2.24) is 4.90 Å². The number of anilines is 2. The first kappa shape index (κ1) is 26.6. The highest BCUT2D eigenvalue weighted by atomic mass is 35.5. The second kappa shape index (κ2) is 11.3. The number of hydrogen-bond donors (Lipinski definition) is 2. The Labute approximate surface area is 228 Å². The predicted molar refractivity (Wildman–Crippen MR) is 147 cm³/mol. The minimum absolute atomic E-state index is 0.212. The molecule has 1 aliphatic rings. The van der Waals surface area contributed by atoms with E-state index in [4.69, 9.17) is 27.9 Å². The number of methoxy groups -OCH3 is 1. The molecule has 7 nitrogen and oxygen atoms in total. The molecule has 3 aromatic carbocycles. The van der Waals surface area contributed by atoms with E-state index in [1.54, 1.807) is 81.6 Å². The average molecular weight is 556 g/mol. The van der Waals surface area contributed by atoms with Gasteiger partial charge in [-0.3, -0.25) is 19.3 Å². The molecule has 1 heterocycles. The minimum Gasteiger partial charge on any atom is -0.497 e. The number of carbonyl (C=O) groups is 3. The van der Waals surface area contributed by atoms with E-state index in [-0.39, 0.29) is 34.5 Å². The molecule has 10 heteroatoms. The van der Waals surface area contributed by atoms with Crippen LogP contribution in [0.4, 0.5) is 11.4 Å². The van der Waals surface area contributed by atoms with Gasteiger partial charge in [-0.25, -0.2) is 0 Å². The van der Waals surface area contributed by atoms with Gasteiger partial charge in [0.15, 0.2) is 0 Å². The maximum absolute atomic E-state index is 13.2. The van der Waals surface area contributed by atoms with Gasteiger partial charge in [-0.2, -0.15) is 0 Å². The molecule has 37 heavy (non-hydrogen) atoms. The third-order valence-corrected chi connectivity index (χ3v) is 7.09. The fourth-order valence-electron chi connectivity index (χ4n) is 3.61. The first-order valence-electron chi connectivity index (χ1n) is 11.3. The van der Waals surface area contributed by atoms with Gasteiger partial charge in [0.1, 0.15) is 16.4 Å². The minimum atomic E-state index is -0.387. The molecule has 0 radical (unpaired) electrons. The zero-order valence-electron chi connectivity index (χ0n) is 20.2. The predicted octanol–water partition coefficient (Wildman–Crippen LogP) is 6.45. The molecular weight excluding hydrogens is 533 g/mol. The standard InChI is InChI=1S/C27H23Cl2N3O4S/c1-15(2)32-26(34)23(30-17-5-9-19(36-3)10-6-17)24(27(32)35)37-20-11-7-18(8-12-20)31-25(33)21-13-4-16(28)14-22(21)29/h4-15,30H,1-3H3,(H,31,33). The van der Waals surface area contributed by atoms with Crippen molar-refractivity contribution in [3.8, 4) is 5.75 Å². The van der Waals surface area contributed by atoms with Crippen molar-refractivity contribution in [2.75, 3.05) is 17.7 Å². The molecule has 0 saturated carbocycles. The van der Waals surface area contributed by atoms with Gasteiger partial charge in [-0.05, 0) is 80.6 Å². The summed E-state index contributed by atoms with van der Waals surface area (Å²) in [6, 6.07) is 18.4. The monoisotopic (exact) mass is 555 g/mol. The smallest absolute Gasteiger partial charge is 0.278 e. The van der Waals surface area contributed by atoms with E-state index in [0.717, 1.165) is 4.90 Å². The average Bonchev–Trinajstić information content (AvgIpc) is 3.09. The summed E-state index contributed by atoms with van der Waals surface area (Å²) in [4.78, 5) is 41.1. The maximum Gasteiger partial charge on any atom is 0.278 e. The first-order chi connectivity index (χ1) is 17.7. The largest absolute Gasteiger partial charge is 0.497 e. The van der Waals surface area contributed by atoms with Crippen LogP contribution in [0, 0.1) is 0 Å². The lowest BCUT2D eigenvalue weighted by Gasteiger charge is -2.19. The van der Waals surface area contributed by atoms with Gasteiger partial charge in [0.05, 0.1) is 17.7 Å². The van der Waals surface area contributed by atoms with Gasteiger partial charge in [-0.15, -0.1) is 0 Å². The molecule has 1 aliphatic heterocycles. The zero-order valence-corrected chi connectivity index (χ0v) is 22.5. The van der Waals surface area contributed by atoms with E-state index in [9.17, 15) is 14.4 Å². The first-order valence-corrected chi connectivity index (χ1v) is 12.8. The lowest BCUT2D eigenvalue weighted by atomic mass is 10.2. The van der Waals surface area contributed by atoms with Gasteiger partial charge < -0.3 is 15.4 Å². The van der Waals surface area contributed by atoms with Gasteiger partial charge >= 0.3 is 0 Å². The topological polar surface area (TPSA) is 87.7 Å². The van der Waals surface area contributed by atoms with Crippen LogP contribution in [0.3, 0.4) is 0 Å². The second-order valence-corrected chi connectivity index (χ2v) is 10.3. The maximum atomic E-state index is 13.2. The number of halogens is 2. The fourth-order valence-corrected chi connectivity index (χ4v) is 5.04. The van der Waals surface area contributed by atoms with Crippen LogP contribution in [-0.4, -0.2) is 35.8 Å². The van der Waals surface area contributed by atoms with Crippen LogP contribution < -0.4 is 15.4 Å². The molecule has 0 aromatic heterocycles. The molecule has 0 atom stereocenters. The van der Waals surface area contributed by atoms with Crippen molar-refractivity contribution in [3.05, 3.63) is 92.9 Å². The van der Waals surface area contributed by atoms with Crippen LogP contribution in [0.5, 0.6) is 5.75 Å². The SMILES string of the molecule is COc1ccc(NC2=C(Sc3ccc(NC(=O)c4ccc(Cl)cc4Cl)cc3)C(=O)N(C(C)C)C2=O)cc1. The second-order valence-electron chi connectivity index (χ2n) is 8.34. The van der Waals surface area contributed by atoms with Crippen molar-refractivity contribution < 1.29 is 19.1 Å². The highest BCUT2D eigenvalue weighted by Gasteiger charge is 2.40. The molecule has 2 N–H and O–H groups in total. The lowest BCUT2D eigenvalue weighted by molar-refractivity contribution is -0.139. The van der Waals surface area contributed by atoms with Crippen LogP contribution in [-0.2, 0) is 9.59 Å². The highest BCUT2D eigenvalue weighted by Crippen LogP contribution is 2.37. The quantitative estimate of drug-likeness (QED) is 0.310. The molecule has 190 valence electrons. The number of thioether (sulfide) groups is 1. The molecule has 0 bridgehead atoms. The number of nitrogens with zero attached hydrogens (tertiary/aromatic N) is 1. The molecule has 0 saturated heterocycles. The summed E-state index contributed by atoms with van der Waals surface area (Å²) in [5.41, 5.74) is 1.71. The van der Waals surface area contributed by atoms with Gasteiger partial charge in [0, 0.05) is 27.3 Å². The Morgan fingerprint density at radius 2 is 1.57 bits per heavy atom. The molecule has 3 aromatic rings. The Bertz CT molecular complexity index is 1390. The Balaban J connectivity index is 1.55. The number of benzene rings is 3. The van der Waals surface area contributed by atoms with E-state index < -0.39 is 0 Å². The zero-order chi connectivity index (χ0) is 26.7. The normalized spacial score (nSPS) is 13.4. The molecule has 3 amide bonds. The number of imide groups is 1. The number of ether oxygens (including phenoxy) is 1. The van der Waals surface area contributed by atoms with Crippen molar-refractivity contribution in [2.24, 2.45) is 0 Å². The molecular formula is C27H23Cl2N3O4S. The fraction of sp³-hybridized carbons (Fsp3) is 0.148. The number of carbonyl (C=O) groups excluding carboxylic acids is 3. The summed E-state index contributed by atoms with van der Waals surface area (Å²) in [6.07, 6.45) is 0.